The number of aromatic nitrogens is 2. The molecule has 0 aliphatic heterocycles. The van der Waals surface area contributed by atoms with E-state index in [-0.39, 0.29) is 23.7 Å². The van der Waals surface area contributed by atoms with Gasteiger partial charge >= 0.3 is 5.97 Å². The Morgan fingerprint density at radius 3 is 2.70 bits per heavy atom. The Balaban J connectivity index is 2.01. The first-order valence-corrected chi connectivity index (χ1v) is 6.43. The van der Waals surface area contributed by atoms with Gasteiger partial charge in [0.25, 0.3) is 5.91 Å². The minimum absolute atomic E-state index is 0.131. The van der Waals surface area contributed by atoms with E-state index >= 15 is 0 Å². The third kappa shape index (κ3) is 3.61. The Labute approximate surface area is 123 Å². The Morgan fingerprint density at radius 2 is 2.05 bits per heavy atom. The van der Waals surface area contributed by atoms with Gasteiger partial charge in [-0.2, -0.15) is 0 Å². The number of amides is 1. The maximum absolute atomic E-state index is 11.8. The van der Waals surface area contributed by atoms with Crippen LogP contribution in [0, 0.1) is 0 Å². The van der Waals surface area contributed by atoms with Crippen LogP contribution in [0.15, 0.2) is 41.1 Å². The standard InChI is InChI=1S/C13H10BrN3O3/c14-9-1-2-11(16-6-9)12(18)17-7-10-5-8(13(19)20)3-4-15-10/h1-6H,7H2,(H,17,18)(H,19,20). The molecule has 1 amide bonds. The number of hydrogen-bond acceptors (Lipinski definition) is 4. The van der Waals surface area contributed by atoms with E-state index in [1.807, 2.05) is 0 Å². The lowest BCUT2D eigenvalue weighted by molar-refractivity contribution is 0.0696. The molecule has 0 radical (unpaired) electrons. The zero-order valence-corrected chi connectivity index (χ0v) is 11.8. The molecule has 2 rings (SSSR count). The first-order valence-electron chi connectivity index (χ1n) is 5.64. The van der Waals surface area contributed by atoms with Crippen LogP contribution in [0.25, 0.3) is 0 Å². The molecule has 7 heteroatoms. The summed E-state index contributed by atoms with van der Waals surface area (Å²) in [4.78, 5) is 30.6. The zero-order valence-electron chi connectivity index (χ0n) is 10.2. The molecule has 0 unspecified atom stereocenters. The molecule has 0 aliphatic rings. The predicted octanol–water partition coefficient (Wildman–Crippen LogP) is 1.87. The SMILES string of the molecule is O=C(O)c1ccnc(CNC(=O)c2ccc(Br)cn2)c1. The first-order chi connectivity index (χ1) is 9.56. The summed E-state index contributed by atoms with van der Waals surface area (Å²) in [5, 5.41) is 11.5. The third-order valence-corrected chi connectivity index (χ3v) is 2.92. The van der Waals surface area contributed by atoms with Gasteiger partial charge in [0, 0.05) is 16.9 Å². The number of carboxylic acid groups (broad SMARTS) is 1. The fourth-order valence-electron chi connectivity index (χ4n) is 1.48. The highest BCUT2D eigenvalue weighted by atomic mass is 79.9. The molecule has 0 aliphatic carbocycles. The number of nitrogens with one attached hydrogen (secondary N) is 1. The van der Waals surface area contributed by atoms with Crippen molar-refractivity contribution in [1.82, 2.24) is 15.3 Å². The first kappa shape index (κ1) is 14.1. The van der Waals surface area contributed by atoms with E-state index in [9.17, 15) is 9.59 Å². The van der Waals surface area contributed by atoms with Crippen molar-refractivity contribution in [3.8, 4) is 0 Å². The van der Waals surface area contributed by atoms with E-state index in [1.54, 1.807) is 12.1 Å². The number of carbonyl (C=O) groups is 2. The van der Waals surface area contributed by atoms with Gasteiger partial charge in [-0.3, -0.25) is 9.78 Å². The van der Waals surface area contributed by atoms with Crippen molar-refractivity contribution in [3.05, 3.63) is 58.1 Å². The van der Waals surface area contributed by atoms with Gasteiger partial charge in [0.1, 0.15) is 5.69 Å². The highest BCUT2D eigenvalue weighted by molar-refractivity contribution is 9.10. The number of nitrogens with zero attached hydrogens (tertiary/aromatic N) is 2. The highest BCUT2D eigenvalue weighted by Gasteiger charge is 2.08. The summed E-state index contributed by atoms with van der Waals surface area (Å²) in [7, 11) is 0. The molecule has 20 heavy (non-hydrogen) atoms. The molecule has 2 heterocycles. The van der Waals surface area contributed by atoms with Gasteiger partial charge in [-0.05, 0) is 40.2 Å². The lowest BCUT2D eigenvalue weighted by Crippen LogP contribution is -2.24. The van der Waals surface area contributed by atoms with Gasteiger partial charge in [-0.15, -0.1) is 0 Å². The van der Waals surface area contributed by atoms with E-state index in [0.29, 0.717) is 5.69 Å². The molecule has 0 saturated carbocycles. The van der Waals surface area contributed by atoms with Crippen LogP contribution in [0.2, 0.25) is 0 Å². The summed E-state index contributed by atoms with van der Waals surface area (Å²) in [5.74, 6) is -1.38. The van der Waals surface area contributed by atoms with Crippen LogP contribution in [0.4, 0.5) is 0 Å². The van der Waals surface area contributed by atoms with Crippen molar-refractivity contribution >= 4 is 27.8 Å². The molecule has 6 nitrogen and oxygen atoms in total. The second-order valence-electron chi connectivity index (χ2n) is 3.89. The van der Waals surface area contributed by atoms with Gasteiger partial charge < -0.3 is 10.4 Å². The Kier molecular flexibility index (Phi) is 4.41. The smallest absolute Gasteiger partial charge is 0.335 e. The van der Waals surface area contributed by atoms with Crippen molar-refractivity contribution in [2.24, 2.45) is 0 Å². The minimum atomic E-state index is -1.03. The van der Waals surface area contributed by atoms with Crippen LogP contribution < -0.4 is 5.32 Å². The Bertz CT molecular complexity index is 644. The van der Waals surface area contributed by atoms with E-state index < -0.39 is 5.97 Å². The summed E-state index contributed by atoms with van der Waals surface area (Å²) in [6, 6.07) is 6.10. The number of carboxylic acids is 1. The monoisotopic (exact) mass is 335 g/mol. The largest absolute Gasteiger partial charge is 0.478 e. The molecule has 0 atom stereocenters. The average molecular weight is 336 g/mol. The predicted molar refractivity (Wildman–Crippen MR) is 74.3 cm³/mol. The van der Waals surface area contributed by atoms with Crippen molar-refractivity contribution < 1.29 is 14.7 Å². The second-order valence-corrected chi connectivity index (χ2v) is 4.80. The molecule has 102 valence electrons. The Morgan fingerprint density at radius 1 is 1.25 bits per heavy atom. The summed E-state index contributed by atoms with van der Waals surface area (Å²) in [5.41, 5.74) is 0.879. The van der Waals surface area contributed by atoms with Crippen LogP contribution in [-0.2, 0) is 6.54 Å². The van der Waals surface area contributed by atoms with Crippen molar-refractivity contribution in [1.29, 1.82) is 0 Å². The summed E-state index contributed by atoms with van der Waals surface area (Å²) >= 11 is 3.23. The summed E-state index contributed by atoms with van der Waals surface area (Å²) in [6.45, 7) is 0.137. The zero-order chi connectivity index (χ0) is 14.5. The second kappa shape index (κ2) is 6.25. The van der Waals surface area contributed by atoms with Gasteiger partial charge in [-0.1, -0.05) is 0 Å². The average Bonchev–Trinajstić information content (AvgIpc) is 2.46. The van der Waals surface area contributed by atoms with Crippen LogP contribution in [0.5, 0.6) is 0 Å². The molecule has 0 saturated heterocycles. The number of halogens is 1. The maximum Gasteiger partial charge on any atom is 0.335 e. The fourth-order valence-corrected chi connectivity index (χ4v) is 1.71. The maximum atomic E-state index is 11.8. The molecular weight excluding hydrogens is 326 g/mol. The molecule has 0 aromatic carbocycles. The van der Waals surface area contributed by atoms with Crippen molar-refractivity contribution in [3.63, 3.8) is 0 Å². The quantitative estimate of drug-likeness (QED) is 0.889. The van der Waals surface area contributed by atoms with Crippen LogP contribution in [0.3, 0.4) is 0 Å². The van der Waals surface area contributed by atoms with Gasteiger partial charge in [0.05, 0.1) is 17.8 Å². The van der Waals surface area contributed by atoms with E-state index in [2.05, 4.69) is 31.2 Å². The molecular formula is C13H10BrN3O3. The number of rotatable bonds is 4. The normalized spacial score (nSPS) is 10.1. The molecule has 2 aromatic rings. The topological polar surface area (TPSA) is 92.2 Å². The number of aromatic carboxylic acids is 1. The van der Waals surface area contributed by atoms with Crippen LogP contribution in [0.1, 0.15) is 26.5 Å². The van der Waals surface area contributed by atoms with Gasteiger partial charge in [-0.25, -0.2) is 9.78 Å². The van der Waals surface area contributed by atoms with Crippen molar-refractivity contribution in [2.75, 3.05) is 0 Å². The number of hydrogen-bond donors (Lipinski definition) is 2. The molecule has 0 bridgehead atoms. The lowest BCUT2D eigenvalue weighted by atomic mass is 10.2. The van der Waals surface area contributed by atoms with E-state index in [1.165, 1.54) is 24.5 Å². The van der Waals surface area contributed by atoms with Crippen molar-refractivity contribution in [2.45, 2.75) is 6.54 Å². The Hall–Kier alpha value is -2.28. The van der Waals surface area contributed by atoms with Crippen LogP contribution >= 0.6 is 15.9 Å². The number of pyridine rings is 2. The highest BCUT2D eigenvalue weighted by Crippen LogP contribution is 2.07. The number of carbonyl (C=O) groups excluding carboxylic acids is 1. The fraction of sp³-hybridized carbons (Fsp3) is 0.0769. The molecule has 0 spiro atoms. The lowest BCUT2D eigenvalue weighted by Gasteiger charge is -2.05. The molecule has 2 N–H and O–H groups in total. The van der Waals surface area contributed by atoms with E-state index in [0.717, 1.165) is 4.47 Å². The molecule has 0 fully saturated rings. The van der Waals surface area contributed by atoms with Gasteiger partial charge in [0.2, 0.25) is 0 Å². The minimum Gasteiger partial charge on any atom is -0.478 e. The van der Waals surface area contributed by atoms with Crippen LogP contribution in [-0.4, -0.2) is 27.0 Å². The summed E-state index contributed by atoms with van der Waals surface area (Å²) in [6.07, 6.45) is 2.92. The van der Waals surface area contributed by atoms with E-state index in [4.69, 9.17) is 5.11 Å². The van der Waals surface area contributed by atoms with Gasteiger partial charge in [0.15, 0.2) is 0 Å². The molecule has 2 aromatic heterocycles. The third-order valence-electron chi connectivity index (χ3n) is 2.45. The summed E-state index contributed by atoms with van der Waals surface area (Å²) < 4.78 is 0.782.